The molecule has 19 nitrogen and oxygen atoms in total. The van der Waals surface area contributed by atoms with E-state index in [0.29, 0.717) is 78.1 Å². The molecule has 68 heavy (non-hydrogen) atoms. The third-order valence-electron chi connectivity index (χ3n) is 13.9. The van der Waals surface area contributed by atoms with E-state index in [-0.39, 0.29) is 36.2 Å². The number of carbonyl (C=O) groups excluding carboxylic acids is 3. The molecule has 0 bridgehead atoms. The highest BCUT2D eigenvalue weighted by atomic mass is 19.1. The van der Waals surface area contributed by atoms with Gasteiger partial charge in [-0.2, -0.15) is 5.10 Å². The maximum atomic E-state index is 14.9. The van der Waals surface area contributed by atoms with Gasteiger partial charge >= 0.3 is 0 Å². The number of halogens is 2. The molecule has 21 heteroatoms. The largest absolute Gasteiger partial charge is 0.467 e. The van der Waals surface area contributed by atoms with Gasteiger partial charge in [0.25, 0.3) is 6.47 Å². The van der Waals surface area contributed by atoms with Crippen LogP contribution in [0.25, 0.3) is 33.8 Å². The highest BCUT2D eigenvalue weighted by molar-refractivity contribution is 6.02. The number of amides is 2. The summed E-state index contributed by atoms with van der Waals surface area (Å²) >= 11 is 0. The summed E-state index contributed by atoms with van der Waals surface area (Å²) in [4.78, 5) is 60.5. The maximum absolute atomic E-state index is 14.9. The van der Waals surface area contributed by atoms with Gasteiger partial charge < -0.3 is 30.1 Å². The average molecular weight is 939 g/mol. The first-order valence-electron chi connectivity index (χ1n) is 23.8. The third kappa shape index (κ3) is 10.3. The number of nitrogens with one attached hydrogen (secondary N) is 2. The van der Waals surface area contributed by atoms with Crippen molar-refractivity contribution in [3.05, 3.63) is 53.8 Å². The number of rotatable bonds is 13. The Morgan fingerprint density at radius 3 is 2.25 bits per heavy atom. The first kappa shape index (κ1) is 46.9. The van der Waals surface area contributed by atoms with Gasteiger partial charge in [-0.1, -0.05) is 5.16 Å². The van der Waals surface area contributed by atoms with Crippen molar-refractivity contribution in [1.82, 2.24) is 54.9 Å². The molecule has 4 aliphatic heterocycles. The van der Waals surface area contributed by atoms with Crippen LogP contribution >= 0.6 is 0 Å². The number of likely N-dealkylation sites (tertiary alicyclic amines) is 2. The molecule has 4 N–H and O–H groups in total. The number of piperazine rings is 1. The minimum atomic E-state index is -0.699. The van der Waals surface area contributed by atoms with Crippen LogP contribution in [0.4, 0.5) is 26.0 Å². The van der Waals surface area contributed by atoms with Crippen LogP contribution in [-0.4, -0.2) is 153 Å². The summed E-state index contributed by atoms with van der Waals surface area (Å²) in [5.74, 6) is 0.456. The normalized spacial score (nSPS) is 20.4. The highest BCUT2D eigenvalue weighted by Crippen LogP contribution is 2.48. The van der Waals surface area contributed by atoms with Gasteiger partial charge in [-0.15, -0.1) is 0 Å². The zero-order chi connectivity index (χ0) is 47.5. The predicted molar refractivity (Wildman–Crippen MR) is 250 cm³/mol. The van der Waals surface area contributed by atoms with Gasteiger partial charge in [0.05, 0.1) is 10.9 Å². The zero-order valence-electron chi connectivity index (χ0n) is 38.9. The molecule has 2 amide bonds. The number of anilines is 3. The van der Waals surface area contributed by atoms with E-state index in [1.165, 1.54) is 24.0 Å². The van der Waals surface area contributed by atoms with E-state index >= 15 is 0 Å². The Kier molecular flexibility index (Phi) is 14.2. The Bertz CT molecular complexity index is 2560. The number of ether oxygens (including phenoxy) is 1. The summed E-state index contributed by atoms with van der Waals surface area (Å²) in [5.41, 5.74) is 10.3. The molecule has 362 valence electrons. The quantitative estimate of drug-likeness (QED) is 0.0826. The number of nitrogen functional groups attached to an aromatic ring is 1. The number of nitrogens with zero attached hydrogens (tertiary/aromatic N) is 11. The van der Waals surface area contributed by atoms with Crippen LogP contribution in [0.15, 0.2) is 35.4 Å². The Balaban J connectivity index is 0.000000170. The van der Waals surface area contributed by atoms with Crippen LogP contribution in [-0.2, 0) is 19.1 Å². The third-order valence-corrected chi connectivity index (χ3v) is 13.9. The van der Waals surface area contributed by atoms with Gasteiger partial charge in [-0.25, -0.2) is 33.4 Å². The summed E-state index contributed by atoms with van der Waals surface area (Å²) in [6.45, 7) is 12.3. The van der Waals surface area contributed by atoms with Gasteiger partial charge in [-0.3, -0.25) is 29.5 Å². The van der Waals surface area contributed by atoms with E-state index in [1.54, 1.807) is 4.90 Å². The van der Waals surface area contributed by atoms with Crippen LogP contribution in [0, 0.1) is 11.6 Å². The molecule has 0 spiro atoms. The summed E-state index contributed by atoms with van der Waals surface area (Å²) in [7, 11) is 2.17. The second kappa shape index (κ2) is 20.6. The molecule has 1 atom stereocenters. The number of fused-ring (bicyclic) bond motifs is 1. The number of benzene rings is 1. The minimum absolute atomic E-state index is 0.0431. The fourth-order valence-electron chi connectivity index (χ4n) is 9.88. The monoisotopic (exact) mass is 938 g/mol. The van der Waals surface area contributed by atoms with Crippen molar-refractivity contribution >= 4 is 46.5 Å². The van der Waals surface area contributed by atoms with E-state index in [9.17, 15) is 23.2 Å². The molecule has 4 saturated heterocycles. The molecule has 5 aromatic rings. The van der Waals surface area contributed by atoms with Crippen LogP contribution < -0.4 is 21.3 Å². The molecular formula is C47H60F2N14O5. The Morgan fingerprint density at radius 1 is 0.897 bits per heavy atom. The van der Waals surface area contributed by atoms with Crippen molar-refractivity contribution in [1.29, 1.82) is 0 Å². The van der Waals surface area contributed by atoms with Gasteiger partial charge in [0.15, 0.2) is 28.9 Å². The molecule has 4 aromatic heterocycles. The Hall–Kier alpha value is -6.19. The first-order chi connectivity index (χ1) is 32.9. The van der Waals surface area contributed by atoms with Crippen molar-refractivity contribution in [3.63, 3.8) is 0 Å². The molecule has 1 aromatic carbocycles. The Morgan fingerprint density at radius 2 is 1.60 bits per heavy atom. The molecule has 1 unspecified atom stereocenters. The van der Waals surface area contributed by atoms with Gasteiger partial charge in [0.1, 0.15) is 41.9 Å². The van der Waals surface area contributed by atoms with Gasteiger partial charge in [0, 0.05) is 75.2 Å². The highest BCUT2D eigenvalue weighted by Gasteiger charge is 2.37. The first-order valence-corrected chi connectivity index (χ1v) is 23.8. The SMILES string of the molecule is CC(C)n1nc(-c2noc(C3CC3)c2-c2ncc(C3CCN(C)CC3)cn2)c2c(N)ncnc21.O=COCCN1CCC(N2CCN(c3c(F)cc(NC4CCC(=O)NC4=O)cc3F)CC2)CC1. The van der Waals surface area contributed by atoms with Crippen molar-refractivity contribution in [2.75, 3.05) is 88.5 Å². The lowest BCUT2D eigenvalue weighted by molar-refractivity contribution is -0.133. The van der Waals surface area contributed by atoms with Crippen molar-refractivity contribution < 1.29 is 32.4 Å². The van der Waals surface area contributed by atoms with Crippen LogP contribution in [0.5, 0.6) is 0 Å². The topological polar surface area (TPSA) is 219 Å². The van der Waals surface area contributed by atoms with Crippen LogP contribution in [0.2, 0.25) is 0 Å². The fraction of sp³-hybridized carbons (Fsp3) is 0.553. The second-order valence-corrected chi connectivity index (χ2v) is 18.8. The molecule has 0 radical (unpaired) electrons. The molecule has 8 heterocycles. The van der Waals surface area contributed by atoms with Crippen molar-refractivity contribution in [3.8, 4) is 22.8 Å². The van der Waals surface area contributed by atoms with E-state index in [2.05, 4.69) is 61.4 Å². The molecule has 1 saturated carbocycles. The summed E-state index contributed by atoms with van der Waals surface area (Å²) in [6.07, 6.45) is 12.3. The number of nitrogens with two attached hydrogens (primary N) is 1. The number of hydrogen-bond acceptors (Lipinski definition) is 17. The van der Waals surface area contributed by atoms with Crippen molar-refractivity contribution in [2.24, 2.45) is 0 Å². The minimum Gasteiger partial charge on any atom is -0.467 e. The van der Waals surface area contributed by atoms with Gasteiger partial charge in [0.2, 0.25) is 11.8 Å². The van der Waals surface area contributed by atoms with E-state index in [0.717, 1.165) is 95.7 Å². The maximum Gasteiger partial charge on any atom is 0.293 e. The van der Waals surface area contributed by atoms with Gasteiger partial charge in [-0.05, 0) is 116 Å². The molecular weight excluding hydrogens is 879 g/mol. The number of carbonyl (C=O) groups is 3. The average Bonchev–Trinajstić information content (AvgIpc) is 3.96. The van der Waals surface area contributed by atoms with E-state index < -0.39 is 23.6 Å². The smallest absolute Gasteiger partial charge is 0.293 e. The summed E-state index contributed by atoms with van der Waals surface area (Å²) in [6, 6.07) is 2.25. The summed E-state index contributed by atoms with van der Waals surface area (Å²) in [5, 5.41) is 15.0. The zero-order valence-corrected chi connectivity index (χ0v) is 38.9. The van der Waals surface area contributed by atoms with E-state index in [4.69, 9.17) is 30.1 Å². The fourth-order valence-corrected chi connectivity index (χ4v) is 9.88. The molecule has 10 rings (SSSR count). The number of piperidine rings is 3. The molecule has 1 aliphatic carbocycles. The Labute approximate surface area is 393 Å². The number of imide groups is 1. The van der Waals surface area contributed by atoms with Crippen molar-refractivity contribution in [2.45, 2.75) is 95.2 Å². The predicted octanol–water partition coefficient (Wildman–Crippen LogP) is 4.73. The summed E-state index contributed by atoms with van der Waals surface area (Å²) < 4.78 is 42.3. The molecule has 5 aliphatic rings. The van der Waals surface area contributed by atoms with E-state index in [1.807, 2.05) is 17.1 Å². The van der Waals surface area contributed by atoms with Crippen LogP contribution in [0.3, 0.4) is 0 Å². The van der Waals surface area contributed by atoms with Crippen LogP contribution in [0.1, 0.15) is 94.4 Å². The number of aromatic nitrogens is 7. The standard InChI is InChI=1S/C24H29N9O.C23H31F2N5O4/c1-13(2)33-24-18(22(25)28-12-29-24)19(30-33)20-17(21(34-31-20)15-4-5-15)23-26-10-16(11-27-23)14-6-8-32(3)9-7-14;24-18-13-16(26-20-1-2-21(32)27-23(20)33)14-19(25)22(18)30-9-7-29(8-10-30)17-3-5-28(6-4-17)11-12-34-15-31/h10-15H,4-9H2,1-3H3,(H2,25,28,29);13-15,17,20,26H,1-12H2,(H,27,32,33). The lowest BCUT2D eigenvalue weighted by Crippen LogP contribution is -2.53. The lowest BCUT2D eigenvalue weighted by atomic mass is 9.91. The lowest BCUT2D eigenvalue weighted by Gasteiger charge is -2.43. The second-order valence-electron chi connectivity index (χ2n) is 18.8. The molecule has 5 fully saturated rings. The number of hydrogen-bond donors (Lipinski definition) is 3.